The molecular formula is C17H22Cl2N4O3. The van der Waals surface area contributed by atoms with Crippen molar-refractivity contribution in [3.8, 4) is 5.69 Å². The number of esters is 1. The van der Waals surface area contributed by atoms with Crippen LogP contribution in [0.1, 0.15) is 32.5 Å². The lowest BCUT2D eigenvalue weighted by Crippen LogP contribution is -2.23. The molecule has 0 aliphatic carbocycles. The second-order valence-electron chi connectivity index (χ2n) is 5.60. The van der Waals surface area contributed by atoms with Crippen LogP contribution < -0.4 is 11.0 Å². The summed E-state index contributed by atoms with van der Waals surface area (Å²) in [6.07, 6.45) is 0.912. The molecule has 142 valence electrons. The van der Waals surface area contributed by atoms with Gasteiger partial charge in [-0.1, -0.05) is 23.2 Å². The molecular weight excluding hydrogens is 379 g/mol. The first-order valence-electron chi connectivity index (χ1n) is 8.44. The molecule has 0 saturated heterocycles. The Balaban J connectivity index is 2.19. The number of ether oxygens (including phenoxy) is 1. The summed E-state index contributed by atoms with van der Waals surface area (Å²) < 4.78 is 7.71. The Kier molecular flexibility index (Phi) is 7.11. The van der Waals surface area contributed by atoms with E-state index in [1.54, 1.807) is 30.5 Å². The Morgan fingerprint density at radius 3 is 2.62 bits per heavy atom. The summed E-state index contributed by atoms with van der Waals surface area (Å²) >= 11 is 12.5. The molecule has 0 unspecified atom stereocenters. The van der Waals surface area contributed by atoms with Gasteiger partial charge in [0, 0.05) is 19.5 Å². The van der Waals surface area contributed by atoms with E-state index >= 15 is 0 Å². The maximum atomic E-state index is 12.5. The van der Waals surface area contributed by atoms with Gasteiger partial charge < -0.3 is 10.1 Å². The number of nitrogens with zero attached hydrogens (tertiary/aromatic N) is 3. The van der Waals surface area contributed by atoms with Crippen molar-refractivity contribution in [2.75, 3.05) is 18.5 Å². The van der Waals surface area contributed by atoms with Gasteiger partial charge in [-0.25, -0.2) is 4.79 Å². The summed E-state index contributed by atoms with van der Waals surface area (Å²) in [5.74, 6) is 0.372. The molecule has 9 heteroatoms. The van der Waals surface area contributed by atoms with Gasteiger partial charge in [-0.3, -0.25) is 9.36 Å². The summed E-state index contributed by atoms with van der Waals surface area (Å²) in [5.41, 5.74) is 0.803. The smallest absolute Gasteiger partial charge is 0.350 e. The molecule has 0 aliphatic heterocycles. The number of carbonyl (C=O) groups excluding carboxylic acids is 1. The van der Waals surface area contributed by atoms with Gasteiger partial charge in [0.1, 0.15) is 5.82 Å². The Bertz CT molecular complexity index is 845. The highest BCUT2D eigenvalue weighted by atomic mass is 35.5. The minimum absolute atomic E-state index is 0.232. The van der Waals surface area contributed by atoms with E-state index in [9.17, 15) is 9.59 Å². The number of anilines is 1. The molecule has 0 aliphatic rings. The third-order valence-corrected chi connectivity index (χ3v) is 4.42. The summed E-state index contributed by atoms with van der Waals surface area (Å²) in [6, 6.07) is 3.25. The molecule has 1 aromatic carbocycles. The van der Waals surface area contributed by atoms with Crippen LogP contribution in [0, 0.1) is 6.92 Å². The largest absolute Gasteiger partial charge is 0.466 e. The Morgan fingerprint density at radius 1 is 1.27 bits per heavy atom. The fourth-order valence-corrected chi connectivity index (χ4v) is 3.07. The van der Waals surface area contributed by atoms with Gasteiger partial charge in [0.2, 0.25) is 0 Å². The molecule has 0 spiro atoms. The molecule has 0 bridgehead atoms. The van der Waals surface area contributed by atoms with Crippen molar-refractivity contribution >= 4 is 34.9 Å². The average molecular weight is 401 g/mol. The maximum Gasteiger partial charge on any atom is 0.350 e. The van der Waals surface area contributed by atoms with Crippen LogP contribution in [-0.4, -0.2) is 33.5 Å². The number of nitrogens with one attached hydrogen (secondary N) is 1. The van der Waals surface area contributed by atoms with Crippen LogP contribution in [0.5, 0.6) is 0 Å². The number of rotatable bonds is 8. The lowest BCUT2D eigenvalue weighted by Gasteiger charge is -2.11. The predicted molar refractivity (Wildman–Crippen MR) is 103 cm³/mol. The molecule has 1 heterocycles. The van der Waals surface area contributed by atoms with Crippen LogP contribution in [0.4, 0.5) is 5.69 Å². The fraction of sp³-hybridized carbons (Fsp3) is 0.471. The Labute approximate surface area is 161 Å². The summed E-state index contributed by atoms with van der Waals surface area (Å²) in [7, 11) is 0. The van der Waals surface area contributed by atoms with E-state index in [-0.39, 0.29) is 11.7 Å². The maximum absolute atomic E-state index is 12.5. The standard InChI is InChI=1S/C17H22Cl2N4O3/c1-4-22-11(3)21-23(17(22)25)15-10-14(12(18)9-13(15)19)20-8-6-7-16(24)26-5-2/h9-10,20H,4-8H2,1-3H3. The summed E-state index contributed by atoms with van der Waals surface area (Å²) in [5, 5.41) is 8.18. The monoisotopic (exact) mass is 400 g/mol. The molecule has 7 nitrogen and oxygen atoms in total. The first-order valence-corrected chi connectivity index (χ1v) is 9.20. The zero-order chi connectivity index (χ0) is 19.3. The molecule has 1 aromatic heterocycles. The molecule has 1 N–H and O–H groups in total. The van der Waals surface area contributed by atoms with Crippen molar-refractivity contribution in [3.05, 3.63) is 38.5 Å². The normalized spacial score (nSPS) is 10.8. The number of halogens is 2. The van der Waals surface area contributed by atoms with Crippen molar-refractivity contribution in [1.82, 2.24) is 14.3 Å². The van der Waals surface area contributed by atoms with E-state index in [2.05, 4.69) is 10.4 Å². The highest BCUT2D eigenvalue weighted by Gasteiger charge is 2.15. The van der Waals surface area contributed by atoms with Crippen LogP contribution in [0.25, 0.3) is 5.69 Å². The zero-order valence-electron chi connectivity index (χ0n) is 15.0. The second kappa shape index (κ2) is 9.09. The van der Waals surface area contributed by atoms with Crippen molar-refractivity contribution in [2.45, 2.75) is 40.2 Å². The third-order valence-electron chi connectivity index (χ3n) is 3.81. The molecule has 0 radical (unpaired) electrons. The van der Waals surface area contributed by atoms with Crippen LogP contribution in [0.15, 0.2) is 16.9 Å². The zero-order valence-corrected chi connectivity index (χ0v) is 16.5. The Morgan fingerprint density at radius 2 is 2.00 bits per heavy atom. The highest BCUT2D eigenvalue weighted by molar-refractivity contribution is 6.37. The predicted octanol–water partition coefficient (Wildman–Crippen LogP) is 3.42. The van der Waals surface area contributed by atoms with Crippen LogP contribution in [0.3, 0.4) is 0 Å². The van der Waals surface area contributed by atoms with Crippen molar-refractivity contribution in [1.29, 1.82) is 0 Å². The average Bonchev–Trinajstić information content (AvgIpc) is 2.87. The van der Waals surface area contributed by atoms with E-state index < -0.39 is 0 Å². The first kappa shape index (κ1) is 20.3. The van der Waals surface area contributed by atoms with E-state index in [4.69, 9.17) is 27.9 Å². The highest BCUT2D eigenvalue weighted by Crippen LogP contribution is 2.31. The number of aryl methyl sites for hydroxylation is 1. The number of carbonyl (C=O) groups is 1. The molecule has 0 fully saturated rings. The van der Waals surface area contributed by atoms with Crippen molar-refractivity contribution < 1.29 is 9.53 Å². The third kappa shape index (κ3) is 4.59. The van der Waals surface area contributed by atoms with E-state index in [0.717, 1.165) is 0 Å². The topological polar surface area (TPSA) is 78.2 Å². The van der Waals surface area contributed by atoms with Gasteiger partial charge in [0.15, 0.2) is 0 Å². The molecule has 2 rings (SSSR count). The SMILES string of the molecule is CCOC(=O)CCCNc1cc(-n2nc(C)n(CC)c2=O)c(Cl)cc1Cl. The van der Waals surface area contributed by atoms with E-state index in [0.29, 0.717) is 59.8 Å². The van der Waals surface area contributed by atoms with Gasteiger partial charge in [-0.15, -0.1) is 0 Å². The van der Waals surface area contributed by atoms with Gasteiger partial charge in [0.25, 0.3) is 0 Å². The number of aromatic nitrogens is 3. The molecule has 2 aromatic rings. The molecule has 0 atom stereocenters. The second-order valence-corrected chi connectivity index (χ2v) is 6.42. The number of hydrogen-bond acceptors (Lipinski definition) is 5. The fourth-order valence-electron chi connectivity index (χ4n) is 2.54. The van der Waals surface area contributed by atoms with Crippen LogP contribution >= 0.6 is 23.2 Å². The molecule has 0 amide bonds. The van der Waals surface area contributed by atoms with Crippen molar-refractivity contribution in [3.63, 3.8) is 0 Å². The quantitative estimate of drug-likeness (QED) is 0.542. The van der Waals surface area contributed by atoms with Gasteiger partial charge in [-0.05, 0) is 39.3 Å². The van der Waals surface area contributed by atoms with Crippen LogP contribution in [-0.2, 0) is 16.1 Å². The lowest BCUT2D eigenvalue weighted by atomic mass is 10.2. The number of hydrogen-bond donors (Lipinski definition) is 1. The van der Waals surface area contributed by atoms with Gasteiger partial charge in [-0.2, -0.15) is 9.78 Å². The number of benzene rings is 1. The van der Waals surface area contributed by atoms with E-state index in [1.807, 2.05) is 6.92 Å². The van der Waals surface area contributed by atoms with E-state index in [1.165, 1.54) is 4.68 Å². The minimum Gasteiger partial charge on any atom is -0.466 e. The van der Waals surface area contributed by atoms with Crippen LogP contribution in [0.2, 0.25) is 10.0 Å². The van der Waals surface area contributed by atoms with Gasteiger partial charge in [0.05, 0.1) is 28.0 Å². The summed E-state index contributed by atoms with van der Waals surface area (Å²) in [6.45, 7) is 6.83. The minimum atomic E-state index is -0.262. The lowest BCUT2D eigenvalue weighted by molar-refractivity contribution is -0.143. The molecule has 0 saturated carbocycles. The first-order chi connectivity index (χ1) is 12.4. The summed E-state index contributed by atoms with van der Waals surface area (Å²) in [4.78, 5) is 23.8. The van der Waals surface area contributed by atoms with Crippen molar-refractivity contribution in [2.24, 2.45) is 0 Å². The molecule has 26 heavy (non-hydrogen) atoms. The Hall–Kier alpha value is -1.99. The van der Waals surface area contributed by atoms with Gasteiger partial charge >= 0.3 is 11.7 Å².